The van der Waals surface area contributed by atoms with Crippen molar-refractivity contribution in [3.63, 3.8) is 0 Å². The lowest BCUT2D eigenvalue weighted by atomic mass is 9.95. The Bertz CT molecular complexity index is 1430. The Kier molecular flexibility index (Phi) is 6.36. The van der Waals surface area contributed by atoms with Crippen LogP contribution in [0, 0.1) is 6.92 Å². The summed E-state index contributed by atoms with van der Waals surface area (Å²) in [5.74, 6) is -1.74. The summed E-state index contributed by atoms with van der Waals surface area (Å²) in [4.78, 5) is 38.5. The van der Waals surface area contributed by atoms with Crippen LogP contribution in [0.3, 0.4) is 0 Å². The molecule has 1 aromatic heterocycles. The highest BCUT2D eigenvalue weighted by Crippen LogP contribution is 2.32. The SMILES string of the molecule is CCn1nc(-c2ccccc2)c(-c2ccccc2)c(C(=O)Nc2cc(C(=O)O)ccc2C)c1=O. The Morgan fingerprint density at radius 3 is 2.15 bits per heavy atom. The van der Waals surface area contributed by atoms with Gasteiger partial charge in [0.05, 0.1) is 11.3 Å². The number of nitrogens with zero attached hydrogens (tertiary/aromatic N) is 2. The number of amides is 1. The number of nitrogens with one attached hydrogen (secondary N) is 1. The number of anilines is 1. The van der Waals surface area contributed by atoms with Crippen LogP contribution in [-0.4, -0.2) is 26.8 Å². The molecule has 4 rings (SSSR count). The number of rotatable bonds is 6. The van der Waals surface area contributed by atoms with Gasteiger partial charge in [0.15, 0.2) is 0 Å². The van der Waals surface area contributed by atoms with Crippen molar-refractivity contribution in [2.45, 2.75) is 20.4 Å². The monoisotopic (exact) mass is 453 g/mol. The van der Waals surface area contributed by atoms with Gasteiger partial charge in [-0.1, -0.05) is 66.7 Å². The first-order valence-electron chi connectivity index (χ1n) is 10.8. The first-order valence-corrected chi connectivity index (χ1v) is 10.8. The van der Waals surface area contributed by atoms with E-state index >= 15 is 0 Å². The van der Waals surface area contributed by atoms with Crippen LogP contribution < -0.4 is 10.9 Å². The number of carboxylic acid groups (broad SMARTS) is 1. The molecule has 1 amide bonds. The molecule has 34 heavy (non-hydrogen) atoms. The zero-order chi connectivity index (χ0) is 24.2. The number of carboxylic acids is 1. The van der Waals surface area contributed by atoms with Crippen molar-refractivity contribution < 1.29 is 14.7 Å². The number of benzene rings is 3. The third-order valence-electron chi connectivity index (χ3n) is 5.52. The van der Waals surface area contributed by atoms with Crippen molar-refractivity contribution >= 4 is 17.6 Å². The van der Waals surface area contributed by atoms with Crippen LogP contribution >= 0.6 is 0 Å². The van der Waals surface area contributed by atoms with Gasteiger partial charge in [-0.3, -0.25) is 9.59 Å². The van der Waals surface area contributed by atoms with E-state index in [0.29, 0.717) is 28.1 Å². The topological polar surface area (TPSA) is 101 Å². The number of hydrogen-bond acceptors (Lipinski definition) is 4. The summed E-state index contributed by atoms with van der Waals surface area (Å²) in [6.07, 6.45) is 0. The van der Waals surface area contributed by atoms with E-state index in [1.807, 2.05) is 60.7 Å². The lowest BCUT2D eigenvalue weighted by Crippen LogP contribution is -2.32. The van der Waals surface area contributed by atoms with E-state index in [-0.39, 0.29) is 17.7 Å². The third-order valence-corrected chi connectivity index (χ3v) is 5.52. The predicted octanol–water partition coefficient (Wildman–Crippen LogP) is 4.86. The van der Waals surface area contributed by atoms with Crippen molar-refractivity contribution in [1.29, 1.82) is 0 Å². The third kappa shape index (κ3) is 4.36. The molecule has 0 unspecified atom stereocenters. The summed E-state index contributed by atoms with van der Waals surface area (Å²) in [6, 6.07) is 23.0. The minimum atomic E-state index is -1.11. The second kappa shape index (κ2) is 9.54. The van der Waals surface area contributed by atoms with E-state index in [9.17, 15) is 19.5 Å². The number of carbonyl (C=O) groups excluding carboxylic acids is 1. The van der Waals surface area contributed by atoms with E-state index in [0.717, 1.165) is 5.56 Å². The molecule has 7 nitrogen and oxygen atoms in total. The van der Waals surface area contributed by atoms with Gasteiger partial charge in [0.2, 0.25) is 0 Å². The molecule has 0 fully saturated rings. The Balaban J connectivity index is 1.96. The second-order valence-electron chi connectivity index (χ2n) is 7.74. The van der Waals surface area contributed by atoms with Crippen LogP contribution in [0.5, 0.6) is 0 Å². The van der Waals surface area contributed by atoms with E-state index in [4.69, 9.17) is 0 Å². The molecule has 0 saturated carbocycles. The minimum Gasteiger partial charge on any atom is -0.478 e. The maximum atomic E-state index is 13.6. The van der Waals surface area contributed by atoms with Gasteiger partial charge in [0.1, 0.15) is 5.56 Å². The fourth-order valence-electron chi connectivity index (χ4n) is 3.75. The molecule has 1 heterocycles. The summed E-state index contributed by atoms with van der Waals surface area (Å²) in [5, 5.41) is 16.7. The van der Waals surface area contributed by atoms with Gasteiger partial charge in [0, 0.05) is 23.4 Å². The lowest BCUT2D eigenvalue weighted by molar-refractivity contribution is 0.0696. The van der Waals surface area contributed by atoms with Gasteiger partial charge in [-0.15, -0.1) is 0 Å². The van der Waals surface area contributed by atoms with Gasteiger partial charge in [-0.05, 0) is 37.1 Å². The van der Waals surface area contributed by atoms with Gasteiger partial charge in [0.25, 0.3) is 11.5 Å². The standard InChI is InChI=1S/C27H23N3O4/c1-3-30-26(32)23(25(31)28-21-16-20(27(33)34)15-14-17(21)2)22(18-10-6-4-7-11-18)24(29-30)19-12-8-5-9-13-19/h4-16H,3H2,1-2H3,(H,28,31)(H,33,34). The average Bonchev–Trinajstić information content (AvgIpc) is 2.85. The molecule has 3 aromatic carbocycles. The van der Waals surface area contributed by atoms with Crippen LogP contribution in [0.25, 0.3) is 22.4 Å². The molecule has 0 aliphatic carbocycles. The smallest absolute Gasteiger partial charge is 0.335 e. The molecule has 0 atom stereocenters. The normalized spacial score (nSPS) is 10.6. The molecule has 7 heteroatoms. The largest absolute Gasteiger partial charge is 0.478 e. The first-order chi connectivity index (χ1) is 16.4. The molecule has 0 bridgehead atoms. The maximum absolute atomic E-state index is 13.6. The fraction of sp³-hybridized carbons (Fsp3) is 0.111. The number of aromatic nitrogens is 2. The molecule has 0 spiro atoms. The van der Waals surface area contributed by atoms with E-state index in [2.05, 4.69) is 10.4 Å². The quantitative estimate of drug-likeness (QED) is 0.434. The molecule has 0 aliphatic rings. The van der Waals surface area contributed by atoms with E-state index in [1.54, 1.807) is 19.9 Å². The summed E-state index contributed by atoms with van der Waals surface area (Å²) in [6.45, 7) is 3.82. The van der Waals surface area contributed by atoms with Crippen LogP contribution in [0.15, 0.2) is 83.7 Å². The Hall–Kier alpha value is -4.52. The Morgan fingerprint density at radius 2 is 1.56 bits per heavy atom. The van der Waals surface area contributed by atoms with Crippen molar-refractivity contribution in [2.75, 3.05) is 5.32 Å². The molecule has 0 radical (unpaired) electrons. The Morgan fingerprint density at radius 1 is 0.941 bits per heavy atom. The summed E-state index contributed by atoms with van der Waals surface area (Å²) >= 11 is 0. The maximum Gasteiger partial charge on any atom is 0.335 e. The molecule has 4 aromatic rings. The molecular formula is C27H23N3O4. The van der Waals surface area contributed by atoms with Crippen molar-refractivity contribution in [1.82, 2.24) is 9.78 Å². The Labute approximate surface area is 196 Å². The second-order valence-corrected chi connectivity index (χ2v) is 7.74. The van der Waals surface area contributed by atoms with Crippen LogP contribution in [0.4, 0.5) is 5.69 Å². The minimum absolute atomic E-state index is 0.0369. The van der Waals surface area contributed by atoms with Crippen molar-refractivity contribution in [2.24, 2.45) is 0 Å². The highest BCUT2D eigenvalue weighted by atomic mass is 16.4. The zero-order valence-corrected chi connectivity index (χ0v) is 18.8. The van der Waals surface area contributed by atoms with Crippen LogP contribution in [0.2, 0.25) is 0 Å². The van der Waals surface area contributed by atoms with E-state index in [1.165, 1.54) is 16.8 Å². The zero-order valence-electron chi connectivity index (χ0n) is 18.8. The number of hydrogen-bond donors (Lipinski definition) is 2. The first kappa shape index (κ1) is 22.7. The van der Waals surface area contributed by atoms with Crippen molar-refractivity contribution in [3.8, 4) is 22.4 Å². The number of aromatic carboxylic acids is 1. The van der Waals surface area contributed by atoms with Crippen molar-refractivity contribution in [3.05, 3.63) is 106 Å². The highest BCUT2D eigenvalue weighted by molar-refractivity contribution is 6.11. The highest BCUT2D eigenvalue weighted by Gasteiger charge is 2.25. The number of aryl methyl sites for hydroxylation is 2. The van der Waals surface area contributed by atoms with Gasteiger partial charge >= 0.3 is 5.97 Å². The summed E-state index contributed by atoms with van der Waals surface area (Å²) in [7, 11) is 0. The van der Waals surface area contributed by atoms with Crippen LogP contribution in [0.1, 0.15) is 33.2 Å². The van der Waals surface area contributed by atoms with Gasteiger partial charge in [-0.25, -0.2) is 9.48 Å². The average molecular weight is 453 g/mol. The summed E-state index contributed by atoms with van der Waals surface area (Å²) in [5.41, 5.74) is 2.83. The van der Waals surface area contributed by atoms with Gasteiger partial charge < -0.3 is 10.4 Å². The summed E-state index contributed by atoms with van der Waals surface area (Å²) < 4.78 is 1.27. The van der Waals surface area contributed by atoms with E-state index < -0.39 is 17.4 Å². The molecule has 0 saturated heterocycles. The molecule has 170 valence electrons. The lowest BCUT2D eigenvalue weighted by Gasteiger charge is -2.17. The molecule has 2 N–H and O–H groups in total. The fourth-order valence-corrected chi connectivity index (χ4v) is 3.75. The number of carbonyl (C=O) groups is 2. The van der Waals surface area contributed by atoms with Gasteiger partial charge in [-0.2, -0.15) is 5.10 Å². The molecule has 0 aliphatic heterocycles. The molecular weight excluding hydrogens is 430 g/mol. The predicted molar refractivity (Wildman–Crippen MR) is 131 cm³/mol. The van der Waals surface area contributed by atoms with Crippen LogP contribution in [-0.2, 0) is 6.54 Å².